The largest absolute Gasteiger partial charge is 0.497 e. The monoisotopic (exact) mass is 240 g/mol. The van der Waals surface area contributed by atoms with Crippen LogP contribution in [0.5, 0.6) is 11.5 Å². The van der Waals surface area contributed by atoms with Gasteiger partial charge in [-0.1, -0.05) is 0 Å². The van der Waals surface area contributed by atoms with Crippen LogP contribution in [0, 0.1) is 0 Å². The van der Waals surface area contributed by atoms with Crippen molar-refractivity contribution in [3.05, 3.63) is 23.8 Å². The molecule has 0 aliphatic rings. The molecule has 2 N–H and O–H groups in total. The lowest BCUT2D eigenvalue weighted by Gasteiger charge is -2.15. The lowest BCUT2D eigenvalue weighted by Crippen LogP contribution is -2.09. The summed E-state index contributed by atoms with van der Waals surface area (Å²) in [4.78, 5) is 0. The molecule has 0 saturated heterocycles. The number of rotatable bonds is 6. The number of hydrogen-bond acceptors (Lipinski definition) is 4. The van der Waals surface area contributed by atoms with Gasteiger partial charge in [0.25, 0.3) is 0 Å². The van der Waals surface area contributed by atoms with Crippen LogP contribution in [0.15, 0.2) is 18.2 Å². The molecule has 1 aromatic carbocycles. The fraction of sp³-hybridized carbons (Fsp3) is 0.538. The Balaban J connectivity index is 2.78. The molecule has 0 bridgehead atoms. The summed E-state index contributed by atoms with van der Waals surface area (Å²) in [7, 11) is 1.58. The van der Waals surface area contributed by atoms with Crippen molar-refractivity contribution in [2.24, 2.45) is 0 Å². The van der Waals surface area contributed by atoms with Crippen LogP contribution in [0.25, 0.3) is 0 Å². The number of aliphatic hydroxyl groups is 2. The molecule has 0 aliphatic heterocycles. The number of aliphatic hydroxyl groups excluding tert-OH is 2. The second-order valence-electron chi connectivity index (χ2n) is 4.07. The minimum Gasteiger partial charge on any atom is -0.497 e. The zero-order valence-electron chi connectivity index (χ0n) is 10.5. The highest BCUT2D eigenvalue weighted by Gasteiger charge is 2.10. The lowest BCUT2D eigenvalue weighted by molar-refractivity contribution is 0.151. The Labute approximate surface area is 102 Å². The van der Waals surface area contributed by atoms with E-state index in [0.717, 1.165) is 5.56 Å². The van der Waals surface area contributed by atoms with Gasteiger partial charge in [0.15, 0.2) is 0 Å². The van der Waals surface area contributed by atoms with Gasteiger partial charge >= 0.3 is 0 Å². The standard InChI is InChI=1S/C13H20O4/c1-9(14)6-7-17-13-8-11(16-3)4-5-12(13)10(2)15/h4-5,8-10,14-15H,6-7H2,1-3H3/t9?,10-/m0/s1. The van der Waals surface area contributed by atoms with Gasteiger partial charge < -0.3 is 19.7 Å². The fourth-order valence-electron chi connectivity index (χ4n) is 1.45. The second-order valence-corrected chi connectivity index (χ2v) is 4.07. The van der Waals surface area contributed by atoms with Gasteiger partial charge in [0.2, 0.25) is 0 Å². The van der Waals surface area contributed by atoms with Gasteiger partial charge in [0.1, 0.15) is 11.5 Å². The summed E-state index contributed by atoms with van der Waals surface area (Å²) in [5, 5.41) is 18.8. The second kappa shape index (κ2) is 6.47. The normalized spacial score (nSPS) is 14.2. The van der Waals surface area contributed by atoms with E-state index in [1.54, 1.807) is 39.2 Å². The van der Waals surface area contributed by atoms with Gasteiger partial charge in [0, 0.05) is 18.1 Å². The van der Waals surface area contributed by atoms with Gasteiger partial charge in [-0.15, -0.1) is 0 Å². The predicted molar refractivity (Wildman–Crippen MR) is 65.4 cm³/mol. The molecule has 1 aromatic rings. The fourth-order valence-corrected chi connectivity index (χ4v) is 1.45. The third kappa shape index (κ3) is 4.24. The number of hydrogen-bond donors (Lipinski definition) is 2. The minimum absolute atomic E-state index is 0.393. The van der Waals surface area contributed by atoms with Crippen molar-refractivity contribution < 1.29 is 19.7 Å². The molecule has 0 aliphatic carbocycles. The van der Waals surface area contributed by atoms with Crippen molar-refractivity contribution in [2.75, 3.05) is 13.7 Å². The van der Waals surface area contributed by atoms with Gasteiger partial charge in [-0.25, -0.2) is 0 Å². The van der Waals surface area contributed by atoms with Crippen molar-refractivity contribution >= 4 is 0 Å². The van der Waals surface area contributed by atoms with E-state index in [1.807, 2.05) is 0 Å². The van der Waals surface area contributed by atoms with Crippen LogP contribution in [-0.2, 0) is 0 Å². The number of benzene rings is 1. The molecule has 4 nitrogen and oxygen atoms in total. The topological polar surface area (TPSA) is 58.9 Å². The van der Waals surface area contributed by atoms with E-state index in [-0.39, 0.29) is 0 Å². The van der Waals surface area contributed by atoms with Crippen molar-refractivity contribution in [3.8, 4) is 11.5 Å². The summed E-state index contributed by atoms with van der Waals surface area (Å²) in [6.45, 7) is 3.80. The lowest BCUT2D eigenvalue weighted by atomic mass is 10.1. The summed E-state index contributed by atoms with van der Waals surface area (Å²) < 4.78 is 10.7. The third-order valence-electron chi connectivity index (χ3n) is 2.46. The molecular formula is C13H20O4. The van der Waals surface area contributed by atoms with Gasteiger partial charge in [0.05, 0.1) is 25.9 Å². The minimum atomic E-state index is -0.595. The van der Waals surface area contributed by atoms with Gasteiger partial charge in [-0.3, -0.25) is 0 Å². The summed E-state index contributed by atoms with van der Waals surface area (Å²) in [5.74, 6) is 1.28. The maximum atomic E-state index is 9.61. The van der Waals surface area contributed by atoms with E-state index in [2.05, 4.69) is 0 Å². The maximum absolute atomic E-state index is 9.61. The highest BCUT2D eigenvalue weighted by Crippen LogP contribution is 2.29. The predicted octanol–water partition coefficient (Wildman–Crippen LogP) is 1.90. The Morgan fingerprint density at radius 1 is 1.24 bits per heavy atom. The molecule has 2 atom stereocenters. The van der Waals surface area contributed by atoms with E-state index >= 15 is 0 Å². The Hall–Kier alpha value is -1.26. The van der Waals surface area contributed by atoms with E-state index in [1.165, 1.54) is 0 Å². The number of methoxy groups -OCH3 is 1. The molecule has 0 amide bonds. The molecule has 1 rings (SSSR count). The smallest absolute Gasteiger partial charge is 0.128 e. The third-order valence-corrected chi connectivity index (χ3v) is 2.46. The number of ether oxygens (including phenoxy) is 2. The summed E-state index contributed by atoms with van der Waals surface area (Å²) in [6.07, 6.45) is -0.436. The molecule has 0 fully saturated rings. The van der Waals surface area contributed by atoms with Crippen molar-refractivity contribution in [1.82, 2.24) is 0 Å². The molecule has 17 heavy (non-hydrogen) atoms. The SMILES string of the molecule is COc1ccc([C@H](C)O)c(OCCC(C)O)c1. The van der Waals surface area contributed by atoms with Crippen LogP contribution in [-0.4, -0.2) is 30.0 Å². The van der Waals surface area contributed by atoms with Crippen LogP contribution in [0.1, 0.15) is 31.9 Å². The first-order valence-electron chi connectivity index (χ1n) is 5.71. The molecule has 0 saturated carbocycles. The molecular weight excluding hydrogens is 220 g/mol. The first-order chi connectivity index (χ1) is 8.04. The van der Waals surface area contributed by atoms with Crippen LogP contribution in [0.3, 0.4) is 0 Å². The van der Waals surface area contributed by atoms with Gasteiger partial charge in [-0.2, -0.15) is 0 Å². The van der Waals surface area contributed by atoms with Crippen LogP contribution in [0.2, 0.25) is 0 Å². The Bertz CT molecular complexity index is 347. The van der Waals surface area contributed by atoms with E-state index < -0.39 is 12.2 Å². The van der Waals surface area contributed by atoms with Gasteiger partial charge in [-0.05, 0) is 26.0 Å². The highest BCUT2D eigenvalue weighted by molar-refractivity contribution is 5.41. The maximum Gasteiger partial charge on any atom is 0.128 e. The first-order valence-corrected chi connectivity index (χ1v) is 5.71. The van der Waals surface area contributed by atoms with E-state index in [0.29, 0.717) is 24.5 Å². The Kier molecular flexibility index (Phi) is 5.25. The van der Waals surface area contributed by atoms with E-state index in [4.69, 9.17) is 14.6 Å². The zero-order valence-corrected chi connectivity index (χ0v) is 10.5. The van der Waals surface area contributed by atoms with Crippen molar-refractivity contribution in [1.29, 1.82) is 0 Å². The molecule has 0 spiro atoms. The molecule has 4 heteroatoms. The van der Waals surface area contributed by atoms with Crippen LogP contribution >= 0.6 is 0 Å². The highest BCUT2D eigenvalue weighted by atomic mass is 16.5. The summed E-state index contributed by atoms with van der Waals surface area (Å²) >= 11 is 0. The first kappa shape index (κ1) is 13.8. The zero-order chi connectivity index (χ0) is 12.8. The average molecular weight is 240 g/mol. The van der Waals surface area contributed by atoms with Crippen molar-refractivity contribution in [3.63, 3.8) is 0 Å². The molecule has 96 valence electrons. The van der Waals surface area contributed by atoms with Crippen LogP contribution in [0.4, 0.5) is 0 Å². The quantitative estimate of drug-likeness (QED) is 0.797. The van der Waals surface area contributed by atoms with Crippen LogP contribution < -0.4 is 9.47 Å². The molecule has 0 radical (unpaired) electrons. The van der Waals surface area contributed by atoms with E-state index in [9.17, 15) is 5.11 Å². The molecule has 0 aromatic heterocycles. The average Bonchev–Trinajstić information content (AvgIpc) is 2.28. The summed E-state index contributed by atoms with van der Waals surface area (Å²) in [5.41, 5.74) is 0.719. The Morgan fingerprint density at radius 2 is 1.94 bits per heavy atom. The summed E-state index contributed by atoms with van der Waals surface area (Å²) in [6, 6.07) is 5.30. The molecule has 0 heterocycles. The Morgan fingerprint density at radius 3 is 2.47 bits per heavy atom. The van der Waals surface area contributed by atoms with Crippen molar-refractivity contribution in [2.45, 2.75) is 32.5 Å². The molecule has 1 unspecified atom stereocenters.